The summed E-state index contributed by atoms with van der Waals surface area (Å²) in [7, 11) is 0. The molecule has 2 fully saturated rings. The Morgan fingerprint density at radius 3 is 2.76 bits per heavy atom. The molecule has 4 heteroatoms. The molecule has 3 unspecified atom stereocenters. The standard InChI is InChI=1S/C17H32N2O2/c1-2-5-14-6-4-11-19(12-8-14)13-9-15-7-3-10-17(15,18)16(20)21/h14-15H,2-13,18H2,1H3,(H,20,21). The van der Waals surface area contributed by atoms with E-state index in [0.29, 0.717) is 6.42 Å². The third-order valence-electron chi connectivity index (χ3n) is 5.70. The predicted octanol–water partition coefficient (Wildman–Crippen LogP) is 2.86. The molecule has 3 atom stereocenters. The van der Waals surface area contributed by atoms with Crippen molar-refractivity contribution < 1.29 is 9.90 Å². The molecule has 1 aliphatic carbocycles. The van der Waals surface area contributed by atoms with Crippen LogP contribution in [0.15, 0.2) is 0 Å². The molecule has 0 aromatic rings. The van der Waals surface area contributed by atoms with Crippen LogP contribution in [-0.2, 0) is 4.79 Å². The summed E-state index contributed by atoms with van der Waals surface area (Å²) in [4.78, 5) is 14.0. The topological polar surface area (TPSA) is 66.6 Å². The van der Waals surface area contributed by atoms with E-state index in [4.69, 9.17) is 5.73 Å². The number of hydrogen-bond donors (Lipinski definition) is 2. The summed E-state index contributed by atoms with van der Waals surface area (Å²) in [5, 5.41) is 9.38. The first-order valence-electron chi connectivity index (χ1n) is 8.81. The van der Waals surface area contributed by atoms with Crippen molar-refractivity contribution in [1.82, 2.24) is 4.90 Å². The number of aliphatic carboxylic acids is 1. The Labute approximate surface area is 129 Å². The quantitative estimate of drug-likeness (QED) is 0.791. The van der Waals surface area contributed by atoms with Crippen LogP contribution < -0.4 is 5.73 Å². The molecule has 0 aromatic heterocycles. The summed E-state index contributed by atoms with van der Waals surface area (Å²) in [6, 6.07) is 0. The second kappa shape index (κ2) is 7.59. The lowest BCUT2D eigenvalue weighted by molar-refractivity contribution is -0.144. The van der Waals surface area contributed by atoms with Crippen molar-refractivity contribution in [3.63, 3.8) is 0 Å². The zero-order valence-corrected chi connectivity index (χ0v) is 13.5. The number of carboxylic acids is 1. The van der Waals surface area contributed by atoms with Crippen molar-refractivity contribution in [1.29, 1.82) is 0 Å². The lowest BCUT2D eigenvalue weighted by atomic mass is 9.85. The zero-order chi connectivity index (χ0) is 15.3. The molecule has 0 radical (unpaired) electrons. The first kappa shape index (κ1) is 16.8. The van der Waals surface area contributed by atoms with E-state index in [1.807, 2.05) is 0 Å². The smallest absolute Gasteiger partial charge is 0.323 e. The Hall–Kier alpha value is -0.610. The van der Waals surface area contributed by atoms with Crippen LogP contribution in [0.25, 0.3) is 0 Å². The van der Waals surface area contributed by atoms with Crippen molar-refractivity contribution in [2.75, 3.05) is 19.6 Å². The van der Waals surface area contributed by atoms with E-state index in [1.165, 1.54) is 45.2 Å². The Morgan fingerprint density at radius 1 is 1.24 bits per heavy atom. The van der Waals surface area contributed by atoms with E-state index in [0.717, 1.165) is 31.7 Å². The molecule has 1 saturated carbocycles. The monoisotopic (exact) mass is 296 g/mol. The zero-order valence-electron chi connectivity index (χ0n) is 13.5. The molecular weight excluding hydrogens is 264 g/mol. The van der Waals surface area contributed by atoms with E-state index < -0.39 is 11.5 Å². The largest absolute Gasteiger partial charge is 0.480 e. The lowest BCUT2D eigenvalue weighted by Crippen LogP contribution is -2.51. The van der Waals surface area contributed by atoms with Crippen molar-refractivity contribution in [3.8, 4) is 0 Å². The van der Waals surface area contributed by atoms with Gasteiger partial charge in [0.05, 0.1) is 0 Å². The van der Waals surface area contributed by atoms with Gasteiger partial charge in [-0.25, -0.2) is 0 Å². The maximum atomic E-state index is 11.4. The van der Waals surface area contributed by atoms with Gasteiger partial charge in [0.25, 0.3) is 0 Å². The highest BCUT2D eigenvalue weighted by molar-refractivity contribution is 5.79. The molecule has 2 aliphatic rings. The minimum absolute atomic E-state index is 0.157. The van der Waals surface area contributed by atoms with Gasteiger partial charge in [-0.15, -0.1) is 0 Å². The van der Waals surface area contributed by atoms with E-state index in [2.05, 4.69) is 11.8 Å². The SMILES string of the molecule is CCCC1CCCN(CCC2CCCC2(N)C(=O)O)CC1. The summed E-state index contributed by atoms with van der Waals surface area (Å²) in [5.74, 6) is 0.257. The van der Waals surface area contributed by atoms with Gasteiger partial charge in [-0.3, -0.25) is 4.79 Å². The average molecular weight is 296 g/mol. The van der Waals surface area contributed by atoms with Gasteiger partial charge in [-0.05, 0) is 70.0 Å². The summed E-state index contributed by atoms with van der Waals surface area (Å²) in [5.41, 5.74) is 5.17. The first-order chi connectivity index (χ1) is 10.1. The Bertz CT molecular complexity index is 348. The van der Waals surface area contributed by atoms with Crippen LogP contribution in [0.2, 0.25) is 0 Å². The van der Waals surface area contributed by atoms with Crippen LogP contribution in [0.3, 0.4) is 0 Å². The molecule has 1 heterocycles. The molecule has 0 aromatic carbocycles. The fourth-order valence-corrected chi connectivity index (χ4v) is 4.27. The summed E-state index contributed by atoms with van der Waals surface area (Å²) >= 11 is 0. The average Bonchev–Trinajstić information content (AvgIpc) is 2.69. The van der Waals surface area contributed by atoms with Gasteiger partial charge in [0.15, 0.2) is 0 Å². The van der Waals surface area contributed by atoms with Gasteiger partial charge in [0.2, 0.25) is 0 Å². The van der Waals surface area contributed by atoms with Crippen LogP contribution in [0.1, 0.15) is 64.7 Å². The molecule has 0 bridgehead atoms. The first-order valence-corrected chi connectivity index (χ1v) is 8.81. The molecule has 0 amide bonds. The number of nitrogens with zero attached hydrogens (tertiary/aromatic N) is 1. The third kappa shape index (κ3) is 4.19. The van der Waals surface area contributed by atoms with Gasteiger partial charge in [0, 0.05) is 0 Å². The van der Waals surface area contributed by atoms with Gasteiger partial charge in [-0.2, -0.15) is 0 Å². The Balaban J connectivity index is 1.79. The second-order valence-electron chi connectivity index (χ2n) is 7.15. The molecule has 0 spiro atoms. The van der Waals surface area contributed by atoms with E-state index >= 15 is 0 Å². The predicted molar refractivity (Wildman–Crippen MR) is 85.2 cm³/mol. The van der Waals surface area contributed by atoms with E-state index in [9.17, 15) is 9.90 Å². The number of hydrogen-bond acceptors (Lipinski definition) is 3. The molecule has 3 N–H and O–H groups in total. The maximum Gasteiger partial charge on any atom is 0.323 e. The summed E-state index contributed by atoms with van der Waals surface area (Å²) in [6.07, 6.45) is 10.2. The van der Waals surface area contributed by atoms with E-state index in [-0.39, 0.29) is 5.92 Å². The highest BCUT2D eigenvalue weighted by Crippen LogP contribution is 2.36. The minimum atomic E-state index is -0.962. The summed E-state index contributed by atoms with van der Waals surface area (Å²) < 4.78 is 0. The molecule has 21 heavy (non-hydrogen) atoms. The molecule has 2 rings (SSSR count). The lowest BCUT2D eigenvalue weighted by Gasteiger charge is -2.29. The van der Waals surface area contributed by atoms with Crippen LogP contribution >= 0.6 is 0 Å². The van der Waals surface area contributed by atoms with Gasteiger partial charge < -0.3 is 15.7 Å². The van der Waals surface area contributed by atoms with Gasteiger partial charge in [-0.1, -0.05) is 26.2 Å². The number of carbonyl (C=O) groups is 1. The molecule has 122 valence electrons. The number of nitrogens with two attached hydrogens (primary N) is 1. The van der Waals surface area contributed by atoms with Gasteiger partial charge in [0.1, 0.15) is 5.54 Å². The second-order valence-corrected chi connectivity index (χ2v) is 7.15. The van der Waals surface area contributed by atoms with Crippen LogP contribution in [-0.4, -0.2) is 41.1 Å². The van der Waals surface area contributed by atoms with Crippen molar-refractivity contribution in [3.05, 3.63) is 0 Å². The third-order valence-corrected chi connectivity index (χ3v) is 5.70. The normalized spacial score (nSPS) is 34.8. The Morgan fingerprint density at radius 2 is 2.05 bits per heavy atom. The van der Waals surface area contributed by atoms with Crippen LogP contribution in [0.4, 0.5) is 0 Å². The number of carboxylic acid groups (broad SMARTS) is 1. The van der Waals surface area contributed by atoms with Gasteiger partial charge >= 0.3 is 5.97 Å². The maximum absolute atomic E-state index is 11.4. The van der Waals surface area contributed by atoms with Crippen molar-refractivity contribution >= 4 is 5.97 Å². The van der Waals surface area contributed by atoms with Crippen molar-refractivity contribution in [2.24, 2.45) is 17.6 Å². The number of rotatable bonds is 6. The van der Waals surface area contributed by atoms with Crippen LogP contribution in [0, 0.1) is 11.8 Å². The van der Waals surface area contributed by atoms with Crippen LogP contribution in [0.5, 0.6) is 0 Å². The molecule has 1 saturated heterocycles. The highest BCUT2D eigenvalue weighted by atomic mass is 16.4. The fourth-order valence-electron chi connectivity index (χ4n) is 4.27. The van der Waals surface area contributed by atoms with Crippen molar-refractivity contribution in [2.45, 2.75) is 70.3 Å². The summed E-state index contributed by atoms with van der Waals surface area (Å²) in [6.45, 7) is 5.66. The van der Waals surface area contributed by atoms with E-state index in [1.54, 1.807) is 0 Å². The highest BCUT2D eigenvalue weighted by Gasteiger charge is 2.45. The molecule has 1 aliphatic heterocycles. The minimum Gasteiger partial charge on any atom is -0.480 e. The fraction of sp³-hybridized carbons (Fsp3) is 0.941. The number of likely N-dealkylation sites (tertiary alicyclic amines) is 1. The molecule has 4 nitrogen and oxygen atoms in total. The molecular formula is C17H32N2O2. The Kier molecular flexibility index (Phi) is 6.06.